The number of benzene rings is 2. The molecule has 2 aromatic carbocycles. The second kappa shape index (κ2) is 12.1. The average molecular weight is 599 g/mol. The number of hydrogen-bond donors (Lipinski definition) is 3. The van der Waals surface area contributed by atoms with Crippen LogP contribution in [0.5, 0.6) is 5.75 Å². The van der Waals surface area contributed by atoms with E-state index in [1.54, 1.807) is 12.1 Å². The molecular formula is C25H31ClN4O7S2. The second-order valence-corrected chi connectivity index (χ2v) is 13.8. The van der Waals surface area contributed by atoms with Crippen molar-refractivity contribution in [3.8, 4) is 11.8 Å². The number of sulfonamides is 2. The van der Waals surface area contributed by atoms with Crippen molar-refractivity contribution in [2.24, 2.45) is 0 Å². The summed E-state index contributed by atoms with van der Waals surface area (Å²) in [6, 6.07) is 12.1. The standard InChI is InChI=1S/C25H31ClN4O7S2/c1-28-38(32,33)23-4-2-3-22(12-23)36-17-21(31)15-29-20-13-25(37-16-20)7-9-30(10-8-25)39(34,35)24-11-19(26)6-5-18(24)14-27/h2-6,11-12,20-21,28-29,31H,7-10,13,15-17H2,1H3. The largest absolute Gasteiger partial charge is 0.491 e. The molecule has 0 amide bonds. The molecule has 4 rings (SSSR count). The van der Waals surface area contributed by atoms with Gasteiger partial charge in [-0.1, -0.05) is 17.7 Å². The third-order valence-electron chi connectivity index (χ3n) is 6.99. The van der Waals surface area contributed by atoms with Gasteiger partial charge >= 0.3 is 0 Å². The summed E-state index contributed by atoms with van der Waals surface area (Å²) in [5.41, 5.74) is -0.407. The van der Waals surface area contributed by atoms with Crippen LogP contribution in [0.1, 0.15) is 24.8 Å². The van der Waals surface area contributed by atoms with Crippen LogP contribution in [0.3, 0.4) is 0 Å². The van der Waals surface area contributed by atoms with Gasteiger partial charge in [-0.2, -0.15) is 9.57 Å². The molecule has 39 heavy (non-hydrogen) atoms. The Morgan fingerprint density at radius 1 is 1.23 bits per heavy atom. The summed E-state index contributed by atoms with van der Waals surface area (Å²) in [6.07, 6.45) is 0.832. The van der Waals surface area contributed by atoms with Gasteiger partial charge in [0.1, 0.15) is 29.4 Å². The number of hydrogen-bond acceptors (Lipinski definition) is 9. The van der Waals surface area contributed by atoms with Crippen molar-refractivity contribution in [2.75, 3.05) is 39.9 Å². The number of nitrogens with zero attached hydrogens (tertiary/aromatic N) is 2. The van der Waals surface area contributed by atoms with E-state index in [9.17, 15) is 27.2 Å². The van der Waals surface area contributed by atoms with E-state index in [1.807, 2.05) is 6.07 Å². The molecule has 0 bridgehead atoms. The summed E-state index contributed by atoms with van der Waals surface area (Å²) < 4.78 is 65.6. The molecular weight excluding hydrogens is 568 g/mol. The fourth-order valence-corrected chi connectivity index (χ4v) is 7.41. The highest BCUT2D eigenvalue weighted by Gasteiger charge is 2.45. The number of nitrogens with one attached hydrogen (secondary N) is 2. The Kier molecular flexibility index (Phi) is 9.19. The van der Waals surface area contributed by atoms with Crippen LogP contribution in [0.15, 0.2) is 52.3 Å². The maximum Gasteiger partial charge on any atom is 0.244 e. The minimum atomic E-state index is -3.88. The molecule has 14 heteroatoms. The van der Waals surface area contributed by atoms with Crippen LogP contribution in [0.25, 0.3) is 0 Å². The second-order valence-electron chi connectivity index (χ2n) is 9.61. The van der Waals surface area contributed by atoms with Gasteiger partial charge in [-0.05, 0) is 56.6 Å². The van der Waals surface area contributed by atoms with Gasteiger partial charge in [0, 0.05) is 36.8 Å². The lowest BCUT2D eigenvalue weighted by Crippen LogP contribution is -2.47. The summed E-state index contributed by atoms with van der Waals surface area (Å²) >= 11 is 5.99. The lowest BCUT2D eigenvalue weighted by Gasteiger charge is -2.38. The van der Waals surface area contributed by atoms with Gasteiger partial charge in [0.05, 0.1) is 22.7 Å². The van der Waals surface area contributed by atoms with Crippen molar-refractivity contribution in [2.45, 2.75) is 46.8 Å². The highest BCUT2D eigenvalue weighted by molar-refractivity contribution is 7.89. The highest BCUT2D eigenvalue weighted by Crippen LogP contribution is 2.38. The van der Waals surface area contributed by atoms with Crippen molar-refractivity contribution in [3.05, 3.63) is 53.1 Å². The number of halogens is 1. The maximum absolute atomic E-state index is 13.2. The number of rotatable bonds is 10. The SMILES string of the molecule is CNS(=O)(=O)c1cccc(OCC(O)CNC2COC3(CCN(S(=O)(=O)c4cc(Cl)ccc4C#N)CC3)C2)c1. The monoisotopic (exact) mass is 598 g/mol. The van der Waals surface area contributed by atoms with Crippen molar-refractivity contribution in [3.63, 3.8) is 0 Å². The van der Waals surface area contributed by atoms with Crippen molar-refractivity contribution >= 4 is 31.6 Å². The predicted molar refractivity (Wildman–Crippen MR) is 143 cm³/mol. The average Bonchev–Trinajstić information content (AvgIpc) is 3.33. The molecule has 2 heterocycles. The van der Waals surface area contributed by atoms with Crippen molar-refractivity contribution in [1.29, 1.82) is 5.26 Å². The van der Waals surface area contributed by atoms with E-state index in [4.69, 9.17) is 21.1 Å². The Morgan fingerprint density at radius 2 is 1.97 bits per heavy atom. The third-order valence-corrected chi connectivity index (χ3v) is 10.6. The third kappa shape index (κ3) is 6.90. The quantitative estimate of drug-likeness (QED) is 0.368. The Balaban J connectivity index is 1.26. The normalized spacial score (nSPS) is 20.5. The first-order valence-electron chi connectivity index (χ1n) is 12.4. The van der Waals surface area contributed by atoms with Gasteiger partial charge in [-0.3, -0.25) is 0 Å². The summed E-state index contributed by atoms with van der Waals surface area (Å²) in [7, 11) is -6.15. The smallest absolute Gasteiger partial charge is 0.244 e. The van der Waals surface area contributed by atoms with E-state index in [1.165, 1.54) is 41.7 Å². The van der Waals surface area contributed by atoms with Crippen molar-refractivity contribution < 1.29 is 31.4 Å². The minimum absolute atomic E-state index is 0.0231. The fourth-order valence-electron chi connectivity index (χ4n) is 4.80. The zero-order valence-corrected chi connectivity index (χ0v) is 23.7. The van der Waals surface area contributed by atoms with Crippen molar-refractivity contribution in [1.82, 2.24) is 14.3 Å². The Bertz CT molecular complexity index is 1440. The highest BCUT2D eigenvalue weighted by atomic mass is 35.5. The zero-order valence-electron chi connectivity index (χ0n) is 21.3. The topological polar surface area (TPSA) is 158 Å². The molecule has 0 aromatic heterocycles. The van der Waals surface area contributed by atoms with Crippen LogP contribution in [0.4, 0.5) is 0 Å². The van der Waals surface area contributed by atoms with Gasteiger partial charge in [0.15, 0.2) is 0 Å². The van der Waals surface area contributed by atoms with E-state index >= 15 is 0 Å². The molecule has 0 saturated carbocycles. The maximum atomic E-state index is 13.2. The van der Waals surface area contributed by atoms with E-state index in [2.05, 4.69) is 10.0 Å². The summed E-state index contributed by atoms with van der Waals surface area (Å²) in [5.74, 6) is 0.329. The molecule has 2 fully saturated rings. The van der Waals surface area contributed by atoms with Crippen LogP contribution in [0.2, 0.25) is 5.02 Å². The zero-order chi connectivity index (χ0) is 28.3. The first kappa shape index (κ1) is 29.7. The van der Waals surface area contributed by atoms with E-state index < -0.39 is 31.8 Å². The van der Waals surface area contributed by atoms with E-state index in [0.29, 0.717) is 31.6 Å². The molecule has 11 nitrogen and oxygen atoms in total. The number of aliphatic hydroxyl groups is 1. The van der Waals surface area contributed by atoms with Crippen LogP contribution in [-0.2, 0) is 24.8 Å². The van der Waals surface area contributed by atoms with Crippen LogP contribution >= 0.6 is 11.6 Å². The van der Waals surface area contributed by atoms with Crippen LogP contribution in [0, 0.1) is 11.3 Å². The number of ether oxygens (including phenoxy) is 2. The molecule has 2 aromatic rings. The fraction of sp³-hybridized carbons (Fsp3) is 0.480. The Morgan fingerprint density at radius 3 is 2.67 bits per heavy atom. The van der Waals surface area contributed by atoms with Gasteiger partial charge in [0.2, 0.25) is 20.0 Å². The minimum Gasteiger partial charge on any atom is -0.491 e. The molecule has 212 valence electrons. The molecule has 0 aliphatic carbocycles. The summed E-state index contributed by atoms with van der Waals surface area (Å²) in [5, 5.41) is 23.2. The summed E-state index contributed by atoms with van der Waals surface area (Å²) in [4.78, 5) is -0.0210. The van der Waals surface area contributed by atoms with Crippen LogP contribution < -0.4 is 14.8 Å². The Labute approximate surface area is 233 Å². The first-order chi connectivity index (χ1) is 18.5. The van der Waals surface area contributed by atoms with E-state index in [0.717, 1.165) is 0 Å². The molecule has 2 aliphatic heterocycles. The lowest BCUT2D eigenvalue weighted by atomic mass is 9.88. The first-order valence-corrected chi connectivity index (χ1v) is 15.7. The summed E-state index contributed by atoms with van der Waals surface area (Å²) in [6.45, 7) is 1.15. The molecule has 2 atom stereocenters. The van der Waals surface area contributed by atoms with Gasteiger partial charge < -0.3 is 19.9 Å². The van der Waals surface area contributed by atoms with Gasteiger partial charge in [0.25, 0.3) is 0 Å². The van der Waals surface area contributed by atoms with Gasteiger partial charge in [-0.15, -0.1) is 0 Å². The molecule has 0 radical (unpaired) electrons. The molecule has 2 aliphatic rings. The lowest BCUT2D eigenvalue weighted by molar-refractivity contribution is -0.0312. The van der Waals surface area contributed by atoms with E-state index in [-0.39, 0.29) is 52.7 Å². The predicted octanol–water partition coefficient (Wildman–Crippen LogP) is 1.46. The molecule has 3 N–H and O–H groups in total. The van der Waals surface area contributed by atoms with Gasteiger partial charge in [-0.25, -0.2) is 21.6 Å². The number of aliphatic hydroxyl groups excluding tert-OH is 1. The molecule has 2 saturated heterocycles. The Hall–Kier alpha value is -2.28. The molecule has 2 unspecified atom stereocenters. The number of nitriles is 1. The molecule has 1 spiro atoms. The van der Waals surface area contributed by atoms with Crippen LogP contribution in [-0.4, -0.2) is 83.9 Å². The number of piperidine rings is 1.